The van der Waals surface area contributed by atoms with Crippen molar-refractivity contribution in [1.29, 1.82) is 0 Å². The molecule has 1 aromatic carbocycles. The van der Waals surface area contributed by atoms with Crippen molar-refractivity contribution >= 4 is 43.5 Å². The Morgan fingerprint density at radius 2 is 2.05 bits per heavy atom. The quantitative estimate of drug-likeness (QED) is 0.604. The lowest BCUT2D eigenvalue weighted by Gasteiger charge is -2.13. The molecule has 1 N–H and O–H groups in total. The summed E-state index contributed by atoms with van der Waals surface area (Å²) in [4.78, 5) is 0. The van der Waals surface area contributed by atoms with Crippen LogP contribution >= 0.6 is 43.5 Å². The van der Waals surface area contributed by atoms with E-state index in [1.54, 1.807) is 6.07 Å². The number of hydrogen-bond acceptors (Lipinski definition) is 3. The van der Waals surface area contributed by atoms with E-state index in [-0.39, 0.29) is 6.61 Å². The van der Waals surface area contributed by atoms with E-state index in [0.717, 1.165) is 21.8 Å². The maximum Gasteiger partial charge on any atom is 0.141 e. The van der Waals surface area contributed by atoms with Gasteiger partial charge in [0.15, 0.2) is 0 Å². The van der Waals surface area contributed by atoms with Crippen LogP contribution in [0.3, 0.4) is 0 Å². The third kappa shape index (κ3) is 6.48. The van der Waals surface area contributed by atoms with Crippen molar-refractivity contribution in [3.8, 4) is 11.5 Å². The van der Waals surface area contributed by atoms with Gasteiger partial charge in [0.25, 0.3) is 0 Å². The van der Waals surface area contributed by atoms with Crippen LogP contribution in [0.1, 0.15) is 18.4 Å². The maximum atomic E-state index is 8.72. The highest BCUT2D eigenvalue weighted by Gasteiger charge is 2.08. The van der Waals surface area contributed by atoms with Crippen LogP contribution < -0.4 is 9.47 Å². The Hall–Kier alpha value is -0.230. The summed E-state index contributed by atoms with van der Waals surface area (Å²) in [5.41, 5.74) is 0.929. The van der Waals surface area contributed by atoms with Crippen LogP contribution in [0.2, 0.25) is 5.02 Å². The summed E-state index contributed by atoms with van der Waals surface area (Å²) in [6, 6.07) is 3.63. The van der Waals surface area contributed by atoms with Gasteiger partial charge in [0.05, 0.1) is 15.0 Å². The molecule has 0 aliphatic rings. The highest BCUT2D eigenvalue weighted by molar-refractivity contribution is 9.28. The summed E-state index contributed by atoms with van der Waals surface area (Å²) in [5.74, 6) is 1.38. The zero-order valence-corrected chi connectivity index (χ0v) is 15.1. The highest BCUT2D eigenvalue weighted by Crippen LogP contribution is 2.33. The van der Waals surface area contributed by atoms with E-state index in [1.165, 1.54) is 0 Å². The fourth-order valence-electron chi connectivity index (χ4n) is 1.55. The van der Waals surface area contributed by atoms with E-state index in [4.69, 9.17) is 26.2 Å². The SMILES string of the molecule is Cc1cc(OCC=C(Br)Br)cc(Cl)c1OCCCCO. The Morgan fingerprint density at radius 3 is 2.65 bits per heavy atom. The third-order valence-corrected chi connectivity index (χ3v) is 3.42. The molecule has 0 aliphatic heterocycles. The number of benzene rings is 1. The second-order valence-electron chi connectivity index (χ2n) is 4.14. The van der Waals surface area contributed by atoms with E-state index in [0.29, 0.717) is 29.7 Å². The van der Waals surface area contributed by atoms with Crippen LogP contribution in [0.25, 0.3) is 0 Å². The lowest BCUT2D eigenvalue weighted by Crippen LogP contribution is -2.01. The molecular formula is C14H17Br2ClO3. The lowest BCUT2D eigenvalue weighted by molar-refractivity contribution is 0.252. The van der Waals surface area contributed by atoms with Gasteiger partial charge in [-0.3, -0.25) is 0 Å². The molecular weight excluding hydrogens is 411 g/mol. The molecule has 20 heavy (non-hydrogen) atoms. The van der Waals surface area contributed by atoms with Gasteiger partial charge in [-0.1, -0.05) is 11.6 Å². The molecule has 0 aromatic heterocycles. The highest BCUT2D eigenvalue weighted by atomic mass is 79.9. The zero-order chi connectivity index (χ0) is 15.0. The first-order valence-corrected chi connectivity index (χ1v) is 8.18. The van der Waals surface area contributed by atoms with Crippen LogP contribution in [0, 0.1) is 6.92 Å². The number of hydrogen-bond donors (Lipinski definition) is 1. The fourth-order valence-corrected chi connectivity index (χ4v) is 2.13. The van der Waals surface area contributed by atoms with Gasteiger partial charge in [0.2, 0.25) is 0 Å². The average molecular weight is 429 g/mol. The van der Waals surface area contributed by atoms with E-state index in [9.17, 15) is 0 Å². The van der Waals surface area contributed by atoms with Crippen molar-refractivity contribution in [3.63, 3.8) is 0 Å². The molecule has 3 nitrogen and oxygen atoms in total. The molecule has 0 bridgehead atoms. The Morgan fingerprint density at radius 1 is 1.30 bits per heavy atom. The molecule has 112 valence electrons. The van der Waals surface area contributed by atoms with Crippen LogP contribution in [-0.4, -0.2) is 24.9 Å². The van der Waals surface area contributed by atoms with E-state index >= 15 is 0 Å². The van der Waals surface area contributed by atoms with Crippen LogP contribution in [0.4, 0.5) is 0 Å². The second-order valence-corrected chi connectivity index (χ2v) is 7.32. The van der Waals surface area contributed by atoms with Gasteiger partial charge in [-0.15, -0.1) is 0 Å². The molecule has 0 spiro atoms. The molecule has 0 aliphatic carbocycles. The lowest BCUT2D eigenvalue weighted by atomic mass is 10.2. The molecule has 1 aromatic rings. The Bertz CT molecular complexity index is 437. The summed E-state index contributed by atoms with van der Waals surface area (Å²) in [6.45, 7) is 3.09. The largest absolute Gasteiger partial charge is 0.492 e. The number of halogens is 3. The normalized spacial score (nSPS) is 10.2. The van der Waals surface area contributed by atoms with Crippen molar-refractivity contribution < 1.29 is 14.6 Å². The minimum absolute atomic E-state index is 0.180. The Kier molecular flexibility index (Phi) is 8.61. The molecule has 0 saturated carbocycles. The summed E-state index contributed by atoms with van der Waals surface area (Å²) in [7, 11) is 0. The minimum atomic E-state index is 0.180. The number of ether oxygens (including phenoxy) is 2. The van der Waals surface area contributed by atoms with Crippen molar-refractivity contribution in [3.05, 3.63) is 32.2 Å². The predicted molar refractivity (Wildman–Crippen MR) is 89.4 cm³/mol. The number of aliphatic hydroxyl groups excluding tert-OH is 1. The molecule has 0 atom stereocenters. The van der Waals surface area contributed by atoms with E-state index < -0.39 is 0 Å². The van der Waals surface area contributed by atoms with Gasteiger partial charge >= 0.3 is 0 Å². The molecule has 0 fully saturated rings. The van der Waals surface area contributed by atoms with Crippen molar-refractivity contribution in [1.82, 2.24) is 0 Å². The van der Waals surface area contributed by atoms with Crippen molar-refractivity contribution in [2.24, 2.45) is 0 Å². The Labute approximate surface area is 141 Å². The number of rotatable bonds is 8. The van der Waals surface area contributed by atoms with E-state index in [2.05, 4.69) is 31.9 Å². The molecule has 0 amide bonds. The first kappa shape index (κ1) is 17.8. The fraction of sp³-hybridized carbons (Fsp3) is 0.429. The van der Waals surface area contributed by atoms with Gasteiger partial charge in [-0.05, 0) is 69.3 Å². The van der Waals surface area contributed by atoms with Crippen LogP contribution in [0.5, 0.6) is 11.5 Å². The van der Waals surface area contributed by atoms with Crippen molar-refractivity contribution in [2.45, 2.75) is 19.8 Å². The number of unbranched alkanes of at least 4 members (excludes halogenated alkanes) is 1. The summed E-state index contributed by atoms with van der Waals surface area (Å²) in [6.07, 6.45) is 3.38. The van der Waals surface area contributed by atoms with Crippen LogP contribution in [0.15, 0.2) is 21.6 Å². The van der Waals surface area contributed by atoms with Gasteiger partial charge < -0.3 is 14.6 Å². The maximum absolute atomic E-state index is 8.72. The predicted octanol–water partition coefficient (Wildman–Crippen LogP) is 4.81. The first-order chi connectivity index (χ1) is 9.54. The molecule has 0 radical (unpaired) electrons. The number of aliphatic hydroxyl groups is 1. The summed E-state index contributed by atoms with van der Waals surface area (Å²) in [5, 5.41) is 9.25. The van der Waals surface area contributed by atoms with Crippen LogP contribution in [-0.2, 0) is 0 Å². The average Bonchev–Trinajstić information content (AvgIpc) is 2.36. The van der Waals surface area contributed by atoms with Gasteiger partial charge in [-0.2, -0.15) is 0 Å². The molecule has 1 rings (SSSR count). The van der Waals surface area contributed by atoms with Gasteiger partial charge in [0, 0.05) is 12.7 Å². The topological polar surface area (TPSA) is 38.7 Å². The van der Waals surface area contributed by atoms with E-state index in [1.807, 2.05) is 19.1 Å². The minimum Gasteiger partial charge on any atom is -0.492 e. The zero-order valence-electron chi connectivity index (χ0n) is 11.2. The molecule has 0 unspecified atom stereocenters. The molecule has 6 heteroatoms. The smallest absolute Gasteiger partial charge is 0.141 e. The number of aryl methyl sites for hydroxylation is 1. The summed E-state index contributed by atoms with van der Waals surface area (Å²) < 4.78 is 12.1. The second kappa shape index (κ2) is 9.66. The standard InChI is InChI=1S/C14H17Br2ClO3/c1-10-8-11(19-7-4-13(15)16)9-12(17)14(10)20-6-3-2-5-18/h4,8-9,18H,2-3,5-7H2,1H3. The molecule has 0 saturated heterocycles. The van der Waals surface area contributed by atoms with Gasteiger partial charge in [-0.25, -0.2) is 0 Å². The third-order valence-electron chi connectivity index (χ3n) is 2.49. The monoisotopic (exact) mass is 426 g/mol. The molecule has 0 heterocycles. The van der Waals surface area contributed by atoms with Crippen molar-refractivity contribution in [2.75, 3.05) is 19.8 Å². The van der Waals surface area contributed by atoms with Gasteiger partial charge in [0.1, 0.15) is 18.1 Å². The first-order valence-electron chi connectivity index (χ1n) is 6.22. The Balaban J connectivity index is 2.63. The summed E-state index contributed by atoms with van der Waals surface area (Å²) >= 11 is 12.7.